The van der Waals surface area contributed by atoms with E-state index in [2.05, 4.69) is 45.2 Å². The molecule has 0 spiro atoms. The van der Waals surface area contributed by atoms with Crippen LogP contribution in [0.25, 0.3) is 0 Å². The van der Waals surface area contributed by atoms with Crippen LogP contribution in [0.2, 0.25) is 0 Å². The standard InChI is InChI=1S/C20H43N.C20H40/c1-4-5-6-7-11-14-17-20(2)18-15-12-9-8-10-13-16-19-21-3;1-3-5-7-9-11-13-15-17-19-20-18-16-14-12-10-8-6-4-2/h20-21H,4-19H2,1-3H3;15,17H,3-14,16,18-20H2,1-2H3/b;17-15+. The average Bonchev–Trinajstić information content (AvgIpc) is 2.98. The highest BCUT2D eigenvalue weighted by Crippen LogP contribution is 2.18. The Kier molecular flexibility index (Phi) is 43.7. The van der Waals surface area contributed by atoms with Crippen LogP contribution in [0.15, 0.2) is 12.2 Å². The number of rotatable bonds is 33. The van der Waals surface area contributed by atoms with Crippen molar-refractivity contribution in [3.05, 3.63) is 12.2 Å². The van der Waals surface area contributed by atoms with E-state index in [9.17, 15) is 0 Å². The van der Waals surface area contributed by atoms with Gasteiger partial charge in [0.1, 0.15) is 0 Å². The van der Waals surface area contributed by atoms with Crippen molar-refractivity contribution in [1.82, 2.24) is 5.32 Å². The number of allylic oxidation sites excluding steroid dienone is 2. The smallest absolute Gasteiger partial charge is 0.00519 e. The van der Waals surface area contributed by atoms with Crippen molar-refractivity contribution in [1.29, 1.82) is 0 Å². The number of nitrogens with one attached hydrogen (secondary N) is 1. The first kappa shape index (κ1) is 42.8. The molecule has 0 saturated carbocycles. The van der Waals surface area contributed by atoms with E-state index < -0.39 is 0 Å². The monoisotopic (exact) mass is 578 g/mol. The Bertz CT molecular complexity index is 442. The van der Waals surface area contributed by atoms with Crippen molar-refractivity contribution in [2.24, 2.45) is 5.92 Å². The molecule has 0 aliphatic carbocycles. The van der Waals surface area contributed by atoms with E-state index in [0.717, 1.165) is 5.92 Å². The molecule has 0 heterocycles. The topological polar surface area (TPSA) is 12.0 Å². The summed E-state index contributed by atoms with van der Waals surface area (Å²) in [7, 11) is 2.05. The maximum Gasteiger partial charge on any atom is -0.00519 e. The summed E-state index contributed by atoms with van der Waals surface area (Å²) < 4.78 is 0. The van der Waals surface area contributed by atoms with Crippen molar-refractivity contribution in [3.63, 3.8) is 0 Å². The third kappa shape index (κ3) is 44.3. The van der Waals surface area contributed by atoms with Gasteiger partial charge < -0.3 is 5.32 Å². The second-order valence-corrected chi connectivity index (χ2v) is 13.3. The second-order valence-electron chi connectivity index (χ2n) is 13.3. The van der Waals surface area contributed by atoms with E-state index in [-0.39, 0.29) is 0 Å². The molecule has 0 saturated heterocycles. The maximum atomic E-state index is 3.22. The molecule has 0 aliphatic rings. The van der Waals surface area contributed by atoms with Gasteiger partial charge in [-0.1, -0.05) is 207 Å². The molecule has 1 unspecified atom stereocenters. The first-order chi connectivity index (χ1) is 20.2. The summed E-state index contributed by atoms with van der Waals surface area (Å²) in [6.07, 6.45) is 49.1. The van der Waals surface area contributed by atoms with E-state index in [1.807, 2.05) is 7.05 Å². The van der Waals surface area contributed by atoms with Crippen LogP contribution in [0, 0.1) is 5.92 Å². The summed E-state index contributed by atoms with van der Waals surface area (Å²) in [5, 5.41) is 3.22. The normalized spacial score (nSPS) is 12.1. The van der Waals surface area contributed by atoms with Crippen LogP contribution in [0.5, 0.6) is 0 Å². The molecule has 0 aliphatic heterocycles. The lowest BCUT2D eigenvalue weighted by Crippen LogP contribution is -2.06. The van der Waals surface area contributed by atoms with Crippen molar-refractivity contribution in [3.8, 4) is 0 Å². The van der Waals surface area contributed by atoms with Gasteiger partial charge in [0.05, 0.1) is 0 Å². The highest BCUT2D eigenvalue weighted by Gasteiger charge is 2.02. The molecular formula is C40H83N. The van der Waals surface area contributed by atoms with Gasteiger partial charge in [-0.15, -0.1) is 0 Å². The summed E-state index contributed by atoms with van der Waals surface area (Å²) >= 11 is 0. The zero-order valence-electron chi connectivity index (χ0n) is 29.9. The Hall–Kier alpha value is -0.300. The van der Waals surface area contributed by atoms with Crippen LogP contribution in [-0.4, -0.2) is 13.6 Å². The Balaban J connectivity index is 0. The summed E-state index contributed by atoms with van der Waals surface area (Å²) in [5.74, 6) is 0.965. The minimum absolute atomic E-state index is 0.965. The molecule has 0 aromatic rings. The quantitative estimate of drug-likeness (QED) is 0.0604. The zero-order chi connectivity index (χ0) is 30.3. The SMILES string of the molecule is CCCCCCC/C=C/CCCCCCCCCCC.CCCCCCCCC(C)CCCCCCCCCNC. The fourth-order valence-corrected chi connectivity index (χ4v) is 5.77. The minimum atomic E-state index is 0.965. The second kappa shape index (κ2) is 41.8. The molecule has 0 bridgehead atoms. The molecule has 0 rings (SSSR count). The summed E-state index contributed by atoms with van der Waals surface area (Å²) in [4.78, 5) is 0. The van der Waals surface area contributed by atoms with E-state index in [1.54, 1.807) is 0 Å². The van der Waals surface area contributed by atoms with Gasteiger partial charge in [0.25, 0.3) is 0 Å². The van der Waals surface area contributed by atoms with E-state index in [1.165, 1.54) is 206 Å². The third-order valence-corrected chi connectivity index (χ3v) is 8.79. The van der Waals surface area contributed by atoms with Crippen molar-refractivity contribution in [2.75, 3.05) is 13.6 Å². The van der Waals surface area contributed by atoms with E-state index >= 15 is 0 Å². The van der Waals surface area contributed by atoms with Gasteiger partial charge in [-0.05, 0) is 51.6 Å². The predicted octanol–water partition coefficient (Wildman–Crippen LogP) is 14.5. The van der Waals surface area contributed by atoms with Gasteiger partial charge in [-0.2, -0.15) is 0 Å². The van der Waals surface area contributed by atoms with Crippen molar-refractivity contribution < 1.29 is 0 Å². The average molecular weight is 578 g/mol. The molecule has 1 heteroatoms. The van der Waals surface area contributed by atoms with E-state index in [0.29, 0.717) is 0 Å². The van der Waals surface area contributed by atoms with Gasteiger partial charge in [0, 0.05) is 0 Å². The molecule has 0 aromatic heterocycles. The van der Waals surface area contributed by atoms with Gasteiger partial charge in [-0.3, -0.25) is 0 Å². The van der Waals surface area contributed by atoms with Gasteiger partial charge in [0.2, 0.25) is 0 Å². The fourth-order valence-electron chi connectivity index (χ4n) is 5.77. The van der Waals surface area contributed by atoms with Gasteiger partial charge in [0.15, 0.2) is 0 Å². The van der Waals surface area contributed by atoms with Crippen LogP contribution in [-0.2, 0) is 0 Å². The van der Waals surface area contributed by atoms with Crippen LogP contribution in [0.1, 0.15) is 227 Å². The van der Waals surface area contributed by atoms with E-state index in [4.69, 9.17) is 0 Å². The molecule has 41 heavy (non-hydrogen) atoms. The van der Waals surface area contributed by atoms with Crippen molar-refractivity contribution in [2.45, 2.75) is 227 Å². The lowest BCUT2D eigenvalue weighted by Gasteiger charge is -2.11. The van der Waals surface area contributed by atoms with Crippen molar-refractivity contribution >= 4 is 0 Å². The first-order valence-corrected chi connectivity index (χ1v) is 19.5. The maximum absolute atomic E-state index is 3.22. The predicted molar refractivity (Wildman–Crippen MR) is 192 cm³/mol. The highest BCUT2D eigenvalue weighted by atomic mass is 14.8. The number of unbranched alkanes of at least 4 members (excludes halogenated alkanes) is 25. The zero-order valence-corrected chi connectivity index (χ0v) is 29.9. The molecule has 1 atom stereocenters. The molecule has 1 nitrogen and oxygen atoms in total. The van der Waals surface area contributed by atoms with Gasteiger partial charge >= 0.3 is 0 Å². The first-order valence-electron chi connectivity index (χ1n) is 19.5. The lowest BCUT2D eigenvalue weighted by molar-refractivity contribution is 0.431. The Morgan fingerprint density at radius 1 is 0.390 bits per heavy atom. The Morgan fingerprint density at radius 3 is 1.02 bits per heavy atom. The minimum Gasteiger partial charge on any atom is -0.320 e. The highest BCUT2D eigenvalue weighted by molar-refractivity contribution is 4.81. The van der Waals surface area contributed by atoms with Crippen LogP contribution >= 0.6 is 0 Å². The Labute approximate surface area is 263 Å². The molecule has 0 radical (unpaired) electrons. The molecule has 0 fully saturated rings. The van der Waals surface area contributed by atoms with Gasteiger partial charge in [-0.25, -0.2) is 0 Å². The molecule has 0 amide bonds. The fraction of sp³-hybridized carbons (Fsp3) is 0.950. The Morgan fingerprint density at radius 2 is 0.683 bits per heavy atom. The summed E-state index contributed by atoms with van der Waals surface area (Å²) in [6, 6.07) is 0. The molecule has 1 N–H and O–H groups in total. The number of hydrogen-bond donors (Lipinski definition) is 1. The third-order valence-electron chi connectivity index (χ3n) is 8.79. The largest absolute Gasteiger partial charge is 0.320 e. The molecular weight excluding hydrogens is 494 g/mol. The van der Waals surface area contributed by atoms with Crippen LogP contribution in [0.3, 0.4) is 0 Å². The summed E-state index contributed by atoms with van der Waals surface area (Å²) in [6.45, 7) is 10.5. The summed E-state index contributed by atoms with van der Waals surface area (Å²) in [5.41, 5.74) is 0. The number of hydrogen-bond acceptors (Lipinski definition) is 1. The molecule has 248 valence electrons. The van der Waals surface area contributed by atoms with Crippen LogP contribution < -0.4 is 5.32 Å². The lowest BCUT2D eigenvalue weighted by atomic mass is 9.96. The molecule has 0 aromatic carbocycles. The van der Waals surface area contributed by atoms with Crippen LogP contribution in [0.4, 0.5) is 0 Å².